The van der Waals surface area contributed by atoms with Crippen LogP contribution in [0.5, 0.6) is 0 Å². The van der Waals surface area contributed by atoms with Gasteiger partial charge < -0.3 is 5.73 Å². The topological polar surface area (TPSA) is 109 Å². The van der Waals surface area contributed by atoms with Crippen LogP contribution >= 0.6 is 0 Å². The molecular weight excluding hydrogens is 288 g/mol. The van der Waals surface area contributed by atoms with Crippen molar-refractivity contribution in [3.05, 3.63) is 59.4 Å². The van der Waals surface area contributed by atoms with Crippen molar-refractivity contribution < 1.29 is 8.42 Å². The number of aromatic nitrogens is 1. The third-order valence-electron chi connectivity index (χ3n) is 2.96. The van der Waals surface area contributed by atoms with Crippen molar-refractivity contribution in [1.82, 2.24) is 9.71 Å². The highest BCUT2D eigenvalue weighted by atomic mass is 32.2. The summed E-state index contributed by atoms with van der Waals surface area (Å²) in [6.45, 7) is 0.434. The Bertz CT molecular complexity index is 782. The van der Waals surface area contributed by atoms with Crippen LogP contribution in [0.25, 0.3) is 0 Å². The van der Waals surface area contributed by atoms with Gasteiger partial charge >= 0.3 is 0 Å². The van der Waals surface area contributed by atoms with Crippen LogP contribution in [0.2, 0.25) is 0 Å². The number of nitrogens with one attached hydrogen (secondary N) is 1. The number of benzene rings is 1. The standard InChI is InChI=1S/C14H14N4O2S/c15-8-11-4-1-2-5-12(11)10-18-21(19,20)14-6-3-7-17-13(14)9-16/h1-7,18H,8,10,15H2. The highest BCUT2D eigenvalue weighted by Gasteiger charge is 2.19. The molecule has 1 aromatic heterocycles. The van der Waals surface area contributed by atoms with Gasteiger partial charge in [-0.15, -0.1) is 0 Å². The molecule has 0 bridgehead atoms. The lowest BCUT2D eigenvalue weighted by molar-refractivity contribution is 0.580. The normalized spacial score (nSPS) is 11.0. The van der Waals surface area contributed by atoms with Crippen molar-refractivity contribution in [3.63, 3.8) is 0 Å². The van der Waals surface area contributed by atoms with Gasteiger partial charge in [0.05, 0.1) is 0 Å². The third-order valence-corrected chi connectivity index (χ3v) is 4.39. The van der Waals surface area contributed by atoms with Crippen LogP contribution in [0.4, 0.5) is 0 Å². The first kappa shape index (κ1) is 15.1. The third kappa shape index (κ3) is 3.44. The van der Waals surface area contributed by atoms with Crippen LogP contribution in [0.3, 0.4) is 0 Å². The minimum Gasteiger partial charge on any atom is -0.326 e. The molecule has 1 heterocycles. The maximum Gasteiger partial charge on any atom is 0.243 e. The number of nitrogens with two attached hydrogens (primary N) is 1. The van der Waals surface area contributed by atoms with Crippen molar-refractivity contribution in [2.24, 2.45) is 5.73 Å². The zero-order chi connectivity index (χ0) is 15.3. The Kier molecular flexibility index (Phi) is 4.65. The summed E-state index contributed by atoms with van der Waals surface area (Å²) in [6.07, 6.45) is 1.38. The highest BCUT2D eigenvalue weighted by Crippen LogP contribution is 2.14. The van der Waals surface area contributed by atoms with E-state index < -0.39 is 10.0 Å². The van der Waals surface area contributed by atoms with E-state index in [0.29, 0.717) is 6.54 Å². The Morgan fingerprint density at radius 1 is 1.19 bits per heavy atom. The molecule has 108 valence electrons. The van der Waals surface area contributed by atoms with Crippen LogP contribution in [-0.4, -0.2) is 13.4 Å². The van der Waals surface area contributed by atoms with Gasteiger partial charge in [-0.2, -0.15) is 5.26 Å². The second-order valence-electron chi connectivity index (χ2n) is 4.26. The average molecular weight is 302 g/mol. The summed E-state index contributed by atoms with van der Waals surface area (Å²) in [7, 11) is -3.80. The summed E-state index contributed by atoms with van der Waals surface area (Å²) in [5, 5.41) is 8.93. The first-order valence-electron chi connectivity index (χ1n) is 6.20. The number of hydrogen-bond acceptors (Lipinski definition) is 5. The zero-order valence-electron chi connectivity index (χ0n) is 11.2. The summed E-state index contributed by atoms with van der Waals surface area (Å²) < 4.78 is 27.0. The first-order valence-corrected chi connectivity index (χ1v) is 7.68. The number of rotatable bonds is 5. The van der Waals surface area contributed by atoms with Gasteiger partial charge in [0.15, 0.2) is 5.69 Å². The molecule has 0 spiro atoms. The number of sulfonamides is 1. The van der Waals surface area contributed by atoms with Gasteiger partial charge in [-0.1, -0.05) is 24.3 Å². The van der Waals surface area contributed by atoms with E-state index in [2.05, 4.69) is 9.71 Å². The highest BCUT2D eigenvalue weighted by molar-refractivity contribution is 7.89. The van der Waals surface area contributed by atoms with Gasteiger partial charge in [-0.05, 0) is 23.3 Å². The number of pyridine rings is 1. The van der Waals surface area contributed by atoms with Gasteiger partial charge in [0, 0.05) is 19.3 Å². The Morgan fingerprint density at radius 3 is 2.57 bits per heavy atom. The smallest absolute Gasteiger partial charge is 0.243 e. The molecule has 0 radical (unpaired) electrons. The van der Waals surface area contributed by atoms with Gasteiger partial charge in [0.25, 0.3) is 0 Å². The quantitative estimate of drug-likeness (QED) is 0.852. The predicted octanol–water partition coefficient (Wildman–Crippen LogP) is 0.890. The molecule has 2 aromatic rings. The summed E-state index contributed by atoms with van der Waals surface area (Å²) in [4.78, 5) is 3.62. The number of hydrogen-bond donors (Lipinski definition) is 2. The van der Waals surface area contributed by atoms with Crippen LogP contribution in [-0.2, 0) is 23.1 Å². The maximum absolute atomic E-state index is 12.3. The fourth-order valence-corrected chi connectivity index (χ4v) is 2.98. The van der Waals surface area contributed by atoms with E-state index in [9.17, 15) is 8.42 Å². The Morgan fingerprint density at radius 2 is 1.90 bits per heavy atom. The monoisotopic (exact) mass is 302 g/mol. The van der Waals surface area contributed by atoms with Crippen molar-refractivity contribution >= 4 is 10.0 Å². The largest absolute Gasteiger partial charge is 0.326 e. The average Bonchev–Trinajstić information content (AvgIpc) is 2.53. The van der Waals surface area contributed by atoms with Crippen molar-refractivity contribution in [2.75, 3.05) is 0 Å². The van der Waals surface area contributed by atoms with Crippen LogP contribution in [0, 0.1) is 11.3 Å². The minimum absolute atomic E-state index is 0.107. The maximum atomic E-state index is 12.3. The minimum atomic E-state index is -3.80. The van der Waals surface area contributed by atoms with Crippen LogP contribution in [0.1, 0.15) is 16.8 Å². The lowest BCUT2D eigenvalue weighted by Crippen LogP contribution is -2.25. The van der Waals surface area contributed by atoms with Gasteiger partial charge in [0.1, 0.15) is 11.0 Å². The molecule has 0 aliphatic carbocycles. The molecule has 0 aliphatic heterocycles. The van der Waals surface area contributed by atoms with E-state index in [-0.39, 0.29) is 17.1 Å². The molecule has 0 amide bonds. The molecule has 3 N–H and O–H groups in total. The number of nitrogens with zero attached hydrogens (tertiary/aromatic N) is 2. The predicted molar refractivity (Wildman–Crippen MR) is 77.3 cm³/mol. The molecule has 6 nitrogen and oxygen atoms in total. The molecule has 21 heavy (non-hydrogen) atoms. The second-order valence-corrected chi connectivity index (χ2v) is 5.99. The van der Waals surface area contributed by atoms with Crippen LogP contribution < -0.4 is 10.5 Å². The van der Waals surface area contributed by atoms with E-state index in [0.717, 1.165) is 11.1 Å². The molecule has 7 heteroatoms. The Labute approximate surface area is 123 Å². The van der Waals surface area contributed by atoms with Gasteiger partial charge in [0.2, 0.25) is 10.0 Å². The number of nitriles is 1. The van der Waals surface area contributed by atoms with E-state index in [1.807, 2.05) is 18.2 Å². The molecule has 1 aromatic carbocycles. The SMILES string of the molecule is N#Cc1ncccc1S(=O)(=O)NCc1ccccc1CN. The fraction of sp³-hybridized carbons (Fsp3) is 0.143. The molecule has 0 unspecified atom stereocenters. The Hall–Kier alpha value is -2.27. The molecule has 0 aliphatic rings. The van der Waals surface area contributed by atoms with E-state index >= 15 is 0 Å². The zero-order valence-corrected chi connectivity index (χ0v) is 12.0. The Balaban J connectivity index is 2.25. The summed E-state index contributed by atoms with van der Waals surface area (Å²) in [5.74, 6) is 0. The van der Waals surface area contributed by atoms with Crippen molar-refractivity contribution in [1.29, 1.82) is 5.26 Å². The van der Waals surface area contributed by atoms with E-state index in [4.69, 9.17) is 11.0 Å². The van der Waals surface area contributed by atoms with E-state index in [1.165, 1.54) is 18.3 Å². The van der Waals surface area contributed by atoms with Crippen molar-refractivity contribution in [3.8, 4) is 6.07 Å². The van der Waals surface area contributed by atoms with Crippen LogP contribution in [0.15, 0.2) is 47.5 Å². The molecule has 2 rings (SSSR count). The van der Waals surface area contributed by atoms with Gasteiger partial charge in [-0.3, -0.25) is 0 Å². The lowest BCUT2D eigenvalue weighted by atomic mass is 10.1. The molecule has 0 saturated heterocycles. The molecule has 0 saturated carbocycles. The van der Waals surface area contributed by atoms with Crippen molar-refractivity contribution in [2.45, 2.75) is 18.0 Å². The van der Waals surface area contributed by atoms with Gasteiger partial charge in [-0.25, -0.2) is 18.1 Å². The second kappa shape index (κ2) is 6.45. The fourth-order valence-electron chi connectivity index (χ4n) is 1.87. The molecule has 0 fully saturated rings. The molecular formula is C14H14N4O2S. The molecule has 0 atom stereocenters. The first-order chi connectivity index (χ1) is 10.1. The van der Waals surface area contributed by atoms with E-state index in [1.54, 1.807) is 12.1 Å². The lowest BCUT2D eigenvalue weighted by Gasteiger charge is -2.10. The summed E-state index contributed by atoms with van der Waals surface area (Å²) in [5.41, 5.74) is 7.15. The summed E-state index contributed by atoms with van der Waals surface area (Å²) >= 11 is 0. The summed E-state index contributed by atoms with van der Waals surface area (Å²) in [6, 6.07) is 11.9.